The molecule has 12 nitrogen and oxygen atoms in total. The molecule has 0 aliphatic carbocycles. The molecule has 0 radical (unpaired) electrons. The molecule has 0 spiro atoms. The smallest absolute Gasteiger partial charge is 0.311 e. The number of hydrogen-bond acceptors (Lipinski definition) is 12. The zero-order valence-corrected chi connectivity index (χ0v) is 31.5. The van der Waals surface area contributed by atoms with Crippen molar-refractivity contribution in [3.63, 3.8) is 0 Å². The zero-order chi connectivity index (χ0) is 38.4. The Balaban J connectivity index is 1.42. The van der Waals surface area contributed by atoms with Crippen LogP contribution in [0, 0.1) is 22.7 Å². The number of esters is 4. The highest BCUT2D eigenvalue weighted by Crippen LogP contribution is 2.38. The lowest BCUT2D eigenvalue weighted by Gasteiger charge is -2.32. The highest BCUT2D eigenvalue weighted by molar-refractivity contribution is 6.13. The quantitative estimate of drug-likeness (QED) is 0.0239. The molecule has 1 aliphatic rings. The molecule has 3 aromatic rings. The first-order valence-electron chi connectivity index (χ1n) is 18.3. The van der Waals surface area contributed by atoms with Gasteiger partial charge in [-0.1, -0.05) is 60.6 Å². The SMILES string of the molecule is CCC(C)(CC(CC(CC(C)(C)C(=O)OCCON=Cc1c2ccccc2cc2ccccc12)C(=O)OCCCCO)C(=O)OCC1CO1)C(=O)OC. The van der Waals surface area contributed by atoms with E-state index in [-0.39, 0.29) is 58.4 Å². The van der Waals surface area contributed by atoms with Crippen molar-refractivity contribution in [3.05, 3.63) is 60.2 Å². The summed E-state index contributed by atoms with van der Waals surface area (Å²) in [5, 5.41) is 17.6. The Bertz CT molecular complexity index is 1680. The van der Waals surface area contributed by atoms with Gasteiger partial charge in [-0.05, 0) is 86.9 Å². The first-order chi connectivity index (χ1) is 25.4. The number of carbonyl (C=O) groups excluding carboxylic acids is 4. The average Bonchev–Trinajstić information content (AvgIpc) is 4.00. The molecule has 1 saturated heterocycles. The minimum absolute atomic E-state index is 0.000895. The molecule has 1 N–H and O–H groups in total. The Hall–Kier alpha value is -4.55. The van der Waals surface area contributed by atoms with Gasteiger partial charge in [-0.25, -0.2) is 0 Å². The van der Waals surface area contributed by atoms with Crippen LogP contribution in [0.1, 0.15) is 71.8 Å². The van der Waals surface area contributed by atoms with Crippen molar-refractivity contribution < 1.29 is 52.8 Å². The number of carbonyl (C=O) groups is 4. The van der Waals surface area contributed by atoms with E-state index in [1.54, 1.807) is 27.0 Å². The van der Waals surface area contributed by atoms with Gasteiger partial charge in [0.05, 0.1) is 49.2 Å². The fourth-order valence-electron chi connectivity index (χ4n) is 6.39. The second-order valence-electron chi connectivity index (χ2n) is 14.4. The van der Waals surface area contributed by atoms with Crippen LogP contribution in [0.5, 0.6) is 0 Å². The Morgan fingerprint density at radius 2 is 1.49 bits per heavy atom. The van der Waals surface area contributed by atoms with E-state index in [0.29, 0.717) is 25.9 Å². The third-order valence-electron chi connectivity index (χ3n) is 9.79. The molecule has 1 aliphatic heterocycles. The molecule has 0 amide bonds. The summed E-state index contributed by atoms with van der Waals surface area (Å²) >= 11 is 0. The van der Waals surface area contributed by atoms with Crippen molar-refractivity contribution in [2.24, 2.45) is 27.8 Å². The first kappa shape index (κ1) is 41.2. The normalized spacial score (nSPS) is 16.5. The van der Waals surface area contributed by atoms with Gasteiger partial charge in [-0.15, -0.1) is 0 Å². The van der Waals surface area contributed by atoms with Gasteiger partial charge < -0.3 is 33.6 Å². The van der Waals surface area contributed by atoms with Gasteiger partial charge in [-0.2, -0.15) is 0 Å². The summed E-state index contributed by atoms with van der Waals surface area (Å²) in [5.41, 5.74) is -1.28. The number of oxime groups is 1. The second-order valence-corrected chi connectivity index (χ2v) is 14.4. The summed E-state index contributed by atoms with van der Waals surface area (Å²) in [4.78, 5) is 58.7. The van der Waals surface area contributed by atoms with Crippen LogP contribution in [0.2, 0.25) is 0 Å². The highest BCUT2D eigenvalue weighted by atomic mass is 16.6. The number of methoxy groups -OCH3 is 1. The van der Waals surface area contributed by atoms with E-state index in [1.165, 1.54) is 7.11 Å². The maximum Gasteiger partial charge on any atom is 0.311 e. The molecular formula is C41H53NO11. The summed E-state index contributed by atoms with van der Waals surface area (Å²) in [5.74, 6) is -4.02. The van der Waals surface area contributed by atoms with Crippen LogP contribution in [0.4, 0.5) is 0 Å². The molecule has 0 saturated carbocycles. The number of benzene rings is 3. The Labute approximate surface area is 311 Å². The van der Waals surface area contributed by atoms with Gasteiger partial charge in [-0.3, -0.25) is 19.2 Å². The Morgan fingerprint density at radius 3 is 2.09 bits per heavy atom. The molecule has 4 rings (SSSR count). The lowest BCUT2D eigenvalue weighted by atomic mass is 9.73. The van der Waals surface area contributed by atoms with Crippen molar-refractivity contribution in [2.45, 2.75) is 72.3 Å². The van der Waals surface area contributed by atoms with Crippen molar-refractivity contribution in [1.82, 2.24) is 0 Å². The number of fused-ring (bicyclic) bond motifs is 2. The van der Waals surface area contributed by atoms with Crippen LogP contribution in [0.25, 0.3) is 21.5 Å². The maximum absolute atomic E-state index is 13.5. The van der Waals surface area contributed by atoms with Crippen molar-refractivity contribution in [3.8, 4) is 0 Å². The fourth-order valence-corrected chi connectivity index (χ4v) is 6.39. The van der Waals surface area contributed by atoms with Crippen LogP contribution in [0.3, 0.4) is 0 Å². The van der Waals surface area contributed by atoms with Gasteiger partial charge in [0, 0.05) is 12.2 Å². The summed E-state index contributed by atoms with van der Waals surface area (Å²) in [7, 11) is 1.29. The number of rotatable bonds is 22. The van der Waals surface area contributed by atoms with E-state index < -0.39 is 46.5 Å². The highest BCUT2D eigenvalue weighted by Gasteiger charge is 2.43. The largest absolute Gasteiger partial charge is 0.469 e. The number of nitrogens with zero attached hydrogens (tertiary/aromatic N) is 1. The van der Waals surface area contributed by atoms with Crippen LogP contribution >= 0.6 is 0 Å². The molecule has 12 heteroatoms. The Morgan fingerprint density at radius 1 is 0.868 bits per heavy atom. The lowest BCUT2D eigenvalue weighted by Crippen LogP contribution is -2.38. The summed E-state index contributed by atoms with van der Waals surface area (Å²) in [6.45, 7) is 7.35. The lowest BCUT2D eigenvalue weighted by molar-refractivity contribution is -0.160. The molecule has 4 unspecified atom stereocenters. The monoisotopic (exact) mass is 735 g/mol. The average molecular weight is 736 g/mol. The van der Waals surface area contributed by atoms with Gasteiger partial charge in [0.25, 0.3) is 0 Å². The minimum atomic E-state index is -1.17. The predicted molar refractivity (Wildman–Crippen MR) is 199 cm³/mol. The first-order valence-corrected chi connectivity index (χ1v) is 18.3. The van der Waals surface area contributed by atoms with Crippen LogP contribution in [0.15, 0.2) is 59.8 Å². The number of epoxide rings is 1. The Kier molecular flexibility index (Phi) is 15.2. The molecule has 0 bridgehead atoms. The number of ether oxygens (including phenoxy) is 5. The van der Waals surface area contributed by atoms with Crippen molar-refractivity contribution in [2.75, 3.05) is 46.8 Å². The standard InChI is InChI=1S/C41H53NO11/c1-6-41(4,39(47)48-5)24-31(37(45)52-27-32-26-51-32)22-30(36(44)49-18-12-11-17-43)23-40(2,3)38(46)50-19-20-53-42-25-35-33-15-9-7-13-28(33)21-29-14-8-10-16-34(29)35/h7-10,13-16,21,25,30-32,43H,6,11-12,17-20,22-24,26-27H2,1-5H3. The minimum Gasteiger partial charge on any atom is -0.469 e. The molecule has 4 atom stereocenters. The van der Waals surface area contributed by atoms with E-state index in [9.17, 15) is 19.2 Å². The third kappa shape index (κ3) is 11.7. The van der Waals surface area contributed by atoms with Crippen LogP contribution in [-0.2, 0) is 47.7 Å². The molecule has 1 heterocycles. The molecule has 0 aromatic heterocycles. The van der Waals surface area contributed by atoms with Gasteiger partial charge in [0.15, 0.2) is 6.61 Å². The molecule has 1 fully saturated rings. The molecule has 288 valence electrons. The van der Waals surface area contributed by atoms with E-state index in [0.717, 1.165) is 27.1 Å². The number of hydrogen-bond donors (Lipinski definition) is 1. The maximum atomic E-state index is 13.5. The zero-order valence-electron chi connectivity index (χ0n) is 31.5. The summed E-state index contributed by atoms with van der Waals surface area (Å²) in [6, 6.07) is 18.2. The summed E-state index contributed by atoms with van der Waals surface area (Å²) in [6.07, 6.45) is 2.79. The topological polar surface area (TPSA) is 160 Å². The van der Waals surface area contributed by atoms with E-state index in [4.69, 9.17) is 33.6 Å². The molecule has 3 aromatic carbocycles. The second kappa shape index (κ2) is 19.5. The van der Waals surface area contributed by atoms with Crippen molar-refractivity contribution in [1.29, 1.82) is 0 Å². The fraction of sp³-hybridized carbons (Fsp3) is 0.537. The van der Waals surface area contributed by atoms with E-state index >= 15 is 0 Å². The van der Waals surface area contributed by atoms with Crippen molar-refractivity contribution >= 4 is 51.6 Å². The van der Waals surface area contributed by atoms with Gasteiger partial charge >= 0.3 is 23.9 Å². The van der Waals surface area contributed by atoms with Crippen LogP contribution in [-0.4, -0.2) is 88.1 Å². The van der Waals surface area contributed by atoms with E-state index in [1.807, 2.05) is 55.5 Å². The third-order valence-corrected chi connectivity index (χ3v) is 9.79. The summed E-state index contributed by atoms with van der Waals surface area (Å²) < 4.78 is 26.9. The van der Waals surface area contributed by atoms with Gasteiger partial charge in [0.1, 0.15) is 19.3 Å². The van der Waals surface area contributed by atoms with E-state index in [2.05, 4.69) is 11.2 Å². The predicted octanol–water partition coefficient (Wildman–Crippen LogP) is 6.16. The van der Waals surface area contributed by atoms with Crippen LogP contribution < -0.4 is 0 Å². The number of unbranched alkanes of at least 4 members (excludes halogenated alkanes) is 1. The molecule has 53 heavy (non-hydrogen) atoms. The number of aliphatic hydroxyl groups is 1. The van der Waals surface area contributed by atoms with Gasteiger partial charge in [0.2, 0.25) is 0 Å². The number of aliphatic hydroxyl groups excluding tert-OH is 1. The molecular weight excluding hydrogens is 682 g/mol.